The number of phenolic OH excluding ortho intramolecular Hbond substituents is 1. The molecule has 0 bridgehead atoms. The second kappa shape index (κ2) is 9.57. The highest BCUT2D eigenvalue weighted by molar-refractivity contribution is 6.24. The molecule has 2 aromatic rings. The van der Waals surface area contributed by atoms with Crippen molar-refractivity contribution in [3.63, 3.8) is 0 Å². The second-order valence-corrected chi connectivity index (χ2v) is 11.4. The molecule has 6 unspecified atom stereocenters. The maximum atomic E-state index is 14.3. The average molecular weight is 559 g/mol. The zero-order valence-electron chi connectivity index (χ0n) is 22.6. The molecular formula is C31H30N2O8. The predicted octanol–water partition coefficient (Wildman–Crippen LogP) is 3.11. The fourth-order valence-electron chi connectivity index (χ4n) is 7.61. The molecule has 10 heteroatoms. The maximum Gasteiger partial charge on any atom is 0.305 e. The van der Waals surface area contributed by atoms with Gasteiger partial charge in [0.1, 0.15) is 11.5 Å². The van der Waals surface area contributed by atoms with E-state index < -0.39 is 52.8 Å². The second-order valence-electron chi connectivity index (χ2n) is 11.4. The first-order valence-electron chi connectivity index (χ1n) is 13.7. The number of allylic oxidation sites excluding steroid dienone is 2. The first kappa shape index (κ1) is 26.7. The van der Waals surface area contributed by atoms with Crippen molar-refractivity contribution in [2.45, 2.75) is 32.1 Å². The molecule has 2 saturated heterocycles. The van der Waals surface area contributed by atoms with E-state index >= 15 is 0 Å². The van der Waals surface area contributed by atoms with E-state index in [1.165, 1.54) is 24.1 Å². The summed E-state index contributed by atoms with van der Waals surface area (Å²) >= 11 is 0. The van der Waals surface area contributed by atoms with Crippen LogP contribution in [0.4, 0.5) is 5.69 Å². The zero-order chi connectivity index (χ0) is 29.2. The number of rotatable bonds is 6. The number of phenols is 1. The van der Waals surface area contributed by atoms with Gasteiger partial charge in [0, 0.05) is 24.1 Å². The largest absolute Gasteiger partial charge is 0.508 e. The summed E-state index contributed by atoms with van der Waals surface area (Å²) in [7, 11) is 1.46. The van der Waals surface area contributed by atoms with Gasteiger partial charge < -0.3 is 14.9 Å². The van der Waals surface area contributed by atoms with Gasteiger partial charge in [-0.3, -0.25) is 28.9 Å². The summed E-state index contributed by atoms with van der Waals surface area (Å²) in [6.45, 7) is 1.57. The molecule has 41 heavy (non-hydrogen) atoms. The number of carbonyl (C=O) groups excluding carboxylic acids is 4. The summed E-state index contributed by atoms with van der Waals surface area (Å²) in [5.41, 5.74) is 0.603. The molecule has 212 valence electrons. The van der Waals surface area contributed by atoms with Gasteiger partial charge in [0.15, 0.2) is 0 Å². The fraction of sp³-hybridized carbons (Fsp3) is 0.387. The van der Waals surface area contributed by atoms with E-state index in [2.05, 4.69) is 0 Å². The standard InChI is InChI=1S/C31H30N2O8/c1-31-22(28(38)33(30(31)40)16-6-4-3-5-7-16)15-21-18(26(31)19-9-8-17(34)14-23(19)41-2)10-11-20-25(21)29(39)32(27(20)37)13-12-24(35)36/h3-10,14,20-22,25-26,34H,11-13,15H2,1-2H3,(H,35,36). The molecule has 6 atom stereocenters. The number of carboxylic acid groups (broad SMARTS) is 1. The number of anilines is 1. The highest BCUT2D eigenvalue weighted by atomic mass is 16.5. The molecule has 2 heterocycles. The molecule has 2 aliphatic carbocycles. The predicted molar refractivity (Wildman–Crippen MR) is 145 cm³/mol. The Kier molecular flexibility index (Phi) is 6.24. The Morgan fingerprint density at radius 1 is 1.02 bits per heavy atom. The van der Waals surface area contributed by atoms with Crippen molar-refractivity contribution in [2.75, 3.05) is 18.6 Å². The van der Waals surface area contributed by atoms with Crippen molar-refractivity contribution in [1.29, 1.82) is 0 Å². The summed E-state index contributed by atoms with van der Waals surface area (Å²) in [5, 5.41) is 19.4. The van der Waals surface area contributed by atoms with Crippen LogP contribution in [0.3, 0.4) is 0 Å². The van der Waals surface area contributed by atoms with Crippen LogP contribution in [-0.4, -0.2) is 58.4 Å². The van der Waals surface area contributed by atoms with Gasteiger partial charge in [-0.2, -0.15) is 0 Å². The first-order chi connectivity index (χ1) is 19.6. The van der Waals surface area contributed by atoms with Gasteiger partial charge in [-0.25, -0.2) is 4.90 Å². The molecule has 6 rings (SSSR count). The van der Waals surface area contributed by atoms with Gasteiger partial charge in [-0.1, -0.05) is 35.9 Å². The molecule has 2 aliphatic heterocycles. The number of aromatic hydroxyl groups is 1. The molecule has 0 aromatic heterocycles. The Hall–Kier alpha value is -4.47. The zero-order valence-corrected chi connectivity index (χ0v) is 22.6. The number of para-hydroxylation sites is 1. The van der Waals surface area contributed by atoms with Crippen molar-refractivity contribution in [3.05, 3.63) is 65.7 Å². The number of ether oxygens (including phenoxy) is 1. The minimum absolute atomic E-state index is 0.0253. The minimum atomic E-state index is -1.24. The number of hydrogen-bond donors (Lipinski definition) is 2. The first-order valence-corrected chi connectivity index (χ1v) is 13.7. The smallest absolute Gasteiger partial charge is 0.305 e. The van der Waals surface area contributed by atoms with E-state index in [4.69, 9.17) is 9.84 Å². The van der Waals surface area contributed by atoms with Crippen LogP contribution in [0.1, 0.15) is 37.7 Å². The Balaban J connectivity index is 1.50. The molecule has 1 saturated carbocycles. The minimum Gasteiger partial charge on any atom is -0.508 e. The van der Waals surface area contributed by atoms with Crippen molar-refractivity contribution < 1.29 is 38.9 Å². The maximum absolute atomic E-state index is 14.3. The lowest BCUT2D eigenvalue weighted by Gasteiger charge is -2.49. The van der Waals surface area contributed by atoms with E-state index in [1.807, 2.05) is 6.08 Å². The highest BCUT2D eigenvalue weighted by Gasteiger charge is 2.67. The molecular weight excluding hydrogens is 528 g/mol. The normalized spacial score (nSPS) is 30.6. The number of nitrogens with zero attached hydrogens (tertiary/aromatic N) is 2. The summed E-state index contributed by atoms with van der Waals surface area (Å²) in [4.78, 5) is 68.9. The van der Waals surface area contributed by atoms with Gasteiger partial charge >= 0.3 is 5.97 Å². The monoisotopic (exact) mass is 558 g/mol. The van der Waals surface area contributed by atoms with Crippen LogP contribution in [0.5, 0.6) is 11.5 Å². The van der Waals surface area contributed by atoms with Gasteiger partial charge in [0.25, 0.3) is 0 Å². The Labute approximate surface area is 236 Å². The number of fused-ring (bicyclic) bond motifs is 4. The van der Waals surface area contributed by atoms with Gasteiger partial charge in [-0.05, 0) is 43.9 Å². The summed E-state index contributed by atoms with van der Waals surface area (Å²) in [6.07, 6.45) is 2.01. The number of amides is 4. The van der Waals surface area contributed by atoms with Gasteiger partial charge in [0.05, 0.1) is 42.4 Å². The summed E-state index contributed by atoms with van der Waals surface area (Å²) in [5.74, 6) is -5.77. The number of hydrogen-bond acceptors (Lipinski definition) is 7. The third-order valence-corrected chi connectivity index (χ3v) is 9.46. The molecule has 0 radical (unpaired) electrons. The van der Waals surface area contributed by atoms with Crippen LogP contribution >= 0.6 is 0 Å². The van der Waals surface area contributed by atoms with Crippen LogP contribution in [0.15, 0.2) is 60.2 Å². The number of aliphatic carboxylic acids is 1. The highest BCUT2D eigenvalue weighted by Crippen LogP contribution is 2.64. The summed E-state index contributed by atoms with van der Waals surface area (Å²) < 4.78 is 5.64. The number of carboxylic acids is 1. The van der Waals surface area contributed by atoms with Crippen LogP contribution in [0, 0.1) is 29.1 Å². The quantitative estimate of drug-likeness (QED) is 0.407. The number of methoxy groups -OCH3 is 1. The Morgan fingerprint density at radius 3 is 2.44 bits per heavy atom. The number of benzene rings is 2. The molecule has 0 spiro atoms. The molecule has 2 N–H and O–H groups in total. The number of imide groups is 2. The summed E-state index contributed by atoms with van der Waals surface area (Å²) in [6, 6.07) is 13.3. The van der Waals surface area contributed by atoms with Gasteiger partial charge in [0.2, 0.25) is 23.6 Å². The van der Waals surface area contributed by atoms with Gasteiger partial charge in [-0.15, -0.1) is 0 Å². The van der Waals surface area contributed by atoms with Crippen molar-refractivity contribution >= 4 is 35.3 Å². The fourth-order valence-corrected chi connectivity index (χ4v) is 7.61. The van der Waals surface area contributed by atoms with Crippen molar-refractivity contribution in [1.82, 2.24) is 4.90 Å². The van der Waals surface area contributed by atoms with E-state index in [-0.39, 0.29) is 43.4 Å². The Morgan fingerprint density at radius 2 is 1.76 bits per heavy atom. The molecule has 10 nitrogen and oxygen atoms in total. The number of likely N-dealkylation sites (tertiary alicyclic amines) is 1. The third-order valence-electron chi connectivity index (χ3n) is 9.46. The lowest BCUT2D eigenvalue weighted by atomic mass is 9.51. The molecule has 4 aliphatic rings. The average Bonchev–Trinajstić information content (AvgIpc) is 3.31. The van der Waals surface area contributed by atoms with Crippen LogP contribution in [0.2, 0.25) is 0 Å². The van der Waals surface area contributed by atoms with Crippen LogP contribution in [-0.2, 0) is 24.0 Å². The molecule has 4 amide bonds. The Bertz CT molecular complexity index is 1520. The van der Waals surface area contributed by atoms with Crippen molar-refractivity contribution in [3.8, 4) is 11.5 Å². The number of carbonyl (C=O) groups is 5. The topological polar surface area (TPSA) is 142 Å². The molecule has 2 aromatic carbocycles. The van der Waals surface area contributed by atoms with E-state index in [0.29, 0.717) is 17.0 Å². The lowest BCUT2D eigenvalue weighted by Crippen LogP contribution is -2.49. The SMILES string of the molecule is COc1cc(O)ccc1C1C2=CCC3C(=O)N(CCC(=O)O)C(=O)C3C2CC2C(=O)N(c3ccccc3)C(=O)C21C. The van der Waals surface area contributed by atoms with Crippen LogP contribution < -0.4 is 9.64 Å². The van der Waals surface area contributed by atoms with E-state index in [0.717, 1.165) is 10.5 Å². The van der Waals surface area contributed by atoms with E-state index in [9.17, 15) is 29.1 Å². The molecule has 3 fully saturated rings. The van der Waals surface area contributed by atoms with Crippen molar-refractivity contribution in [2.24, 2.45) is 29.1 Å². The van der Waals surface area contributed by atoms with E-state index in [1.54, 1.807) is 43.3 Å². The third kappa shape index (κ3) is 3.80. The van der Waals surface area contributed by atoms with Crippen LogP contribution in [0.25, 0.3) is 0 Å². The lowest BCUT2D eigenvalue weighted by molar-refractivity contribution is -0.142.